The van der Waals surface area contributed by atoms with E-state index in [-0.39, 0.29) is 5.57 Å². The van der Waals surface area contributed by atoms with Gasteiger partial charge >= 0.3 is 0 Å². The Morgan fingerprint density at radius 3 is 2.52 bits per heavy atom. The van der Waals surface area contributed by atoms with Gasteiger partial charge in [-0.15, -0.1) is 0 Å². The van der Waals surface area contributed by atoms with Crippen molar-refractivity contribution in [3.05, 3.63) is 90.5 Å². The van der Waals surface area contributed by atoms with Gasteiger partial charge in [0.05, 0.1) is 10.7 Å². The molecule has 0 saturated heterocycles. The van der Waals surface area contributed by atoms with Crippen molar-refractivity contribution in [1.29, 1.82) is 5.26 Å². The van der Waals surface area contributed by atoms with Crippen LogP contribution in [-0.2, 0) is 11.4 Å². The number of benzene rings is 3. The quantitative estimate of drug-likeness (QED) is 0.180. The van der Waals surface area contributed by atoms with Gasteiger partial charge in [-0.1, -0.05) is 45.8 Å². The molecule has 33 heavy (non-hydrogen) atoms. The molecule has 0 saturated carbocycles. The lowest BCUT2D eigenvalue weighted by Crippen LogP contribution is -2.14. The number of nitrogens with one attached hydrogen (secondary N) is 1. The third kappa shape index (κ3) is 6.59. The summed E-state index contributed by atoms with van der Waals surface area (Å²) in [5.74, 6) is 0.669. The molecule has 0 unspecified atom stereocenters. The van der Waals surface area contributed by atoms with E-state index in [1.807, 2.05) is 68.4 Å². The lowest BCUT2D eigenvalue weighted by Gasteiger charge is -2.14. The lowest BCUT2D eigenvalue weighted by molar-refractivity contribution is -0.112. The third-order valence-corrected chi connectivity index (χ3v) is 6.18. The van der Waals surface area contributed by atoms with Crippen molar-refractivity contribution in [1.82, 2.24) is 0 Å². The molecule has 0 aliphatic rings. The first-order valence-electron chi connectivity index (χ1n) is 10.1. The van der Waals surface area contributed by atoms with Gasteiger partial charge in [-0.05, 0) is 89.5 Å². The summed E-state index contributed by atoms with van der Waals surface area (Å²) < 4.78 is 13.3. The van der Waals surface area contributed by atoms with Crippen LogP contribution in [-0.4, -0.2) is 13.0 Å². The molecule has 0 aliphatic carbocycles. The molecule has 0 aromatic heterocycles. The molecule has 168 valence electrons. The topological polar surface area (TPSA) is 71.3 Å². The molecule has 0 radical (unpaired) electrons. The van der Waals surface area contributed by atoms with Crippen LogP contribution in [0.4, 0.5) is 5.69 Å². The maximum atomic E-state index is 12.7. The predicted octanol–water partition coefficient (Wildman–Crippen LogP) is 6.80. The average Bonchev–Trinajstić information content (AvgIpc) is 2.79. The fourth-order valence-electron chi connectivity index (χ4n) is 3.16. The smallest absolute Gasteiger partial charge is 0.266 e. The van der Waals surface area contributed by atoms with E-state index < -0.39 is 5.91 Å². The van der Waals surface area contributed by atoms with Crippen molar-refractivity contribution in [2.75, 3.05) is 12.4 Å². The molecule has 0 heterocycles. The van der Waals surface area contributed by atoms with Crippen LogP contribution in [0, 0.1) is 28.7 Å². The Kier molecular flexibility index (Phi) is 8.53. The molecule has 0 spiro atoms. The number of hydrogen-bond donors (Lipinski definition) is 1. The number of amides is 1. The van der Waals surface area contributed by atoms with Crippen molar-refractivity contribution < 1.29 is 14.3 Å². The van der Waals surface area contributed by atoms with Gasteiger partial charge in [0.2, 0.25) is 0 Å². The normalized spacial score (nSPS) is 11.0. The summed E-state index contributed by atoms with van der Waals surface area (Å²) in [6.07, 6.45) is 1.54. The van der Waals surface area contributed by atoms with E-state index in [1.165, 1.54) is 0 Å². The van der Waals surface area contributed by atoms with Crippen LogP contribution in [0.2, 0.25) is 0 Å². The molecule has 3 aromatic carbocycles. The molecule has 3 aromatic rings. The molecule has 3 rings (SSSR count). The monoisotopic (exact) mass is 616 g/mol. The van der Waals surface area contributed by atoms with Gasteiger partial charge in [-0.25, -0.2) is 0 Å². The van der Waals surface area contributed by atoms with Crippen LogP contribution in [0.5, 0.6) is 11.5 Å². The van der Waals surface area contributed by atoms with Gasteiger partial charge in [-0.3, -0.25) is 4.79 Å². The summed E-state index contributed by atoms with van der Waals surface area (Å²) in [6, 6.07) is 19.2. The number of aryl methyl sites for hydroxylation is 2. The minimum Gasteiger partial charge on any atom is -0.493 e. The van der Waals surface area contributed by atoms with Crippen LogP contribution >= 0.6 is 38.5 Å². The van der Waals surface area contributed by atoms with Crippen LogP contribution < -0.4 is 14.8 Å². The van der Waals surface area contributed by atoms with Crippen molar-refractivity contribution in [2.24, 2.45) is 0 Å². The first-order valence-corrected chi connectivity index (χ1v) is 11.9. The fraction of sp³-hybridized carbons (Fsp3) is 0.154. The third-order valence-electron chi connectivity index (χ3n) is 4.85. The molecule has 0 bridgehead atoms. The lowest BCUT2D eigenvalue weighted by atomic mass is 10.1. The van der Waals surface area contributed by atoms with Gasteiger partial charge in [0.1, 0.15) is 18.2 Å². The molecule has 1 amide bonds. The number of carbonyl (C=O) groups excluding carboxylic acids is 1. The van der Waals surface area contributed by atoms with E-state index in [0.717, 1.165) is 24.7 Å². The minimum absolute atomic E-state index is 0.00337. The maximum absolute atomic E-state index is 12.7. The number of ether oxygens (including phenoxy) is 2. The number of hydrogen-bond acceptors (Lipinski definition) is 4. The number of nitriles is 1. The van der Waals surface area contributed by atoms with Gasteiger partial charge in [0.15, 0.2) is 11.5 Å². The zero-order chi connectivity index (χ0) is 24.0. The SMILES string of the molecule is COc1cc(/C=C(/C#N)C(=O)Nc2ccc(C)cc2C)cc(I)c1OCc1ccc(Br)cc1. The van der Waals surface area contributed by atoms with Crippen LogP contribution in [0.15, 0.2) is 64.6 Å². The standard InChI is InChI=1S/C26H22BrIN2O3/c1-16-4-9-23(17(2)10-16)30-26(31)20(14-29)11-19-12-22(28)25(24(13-19)32-3)33-15-18-5-7-21(27)8-6-18/h4-13H,15H2,1-3H3,(H,30,31)/b20-11-. The second-order valence-corrected chi connectivity index (χ2v) is 9.47. The van der Waals surface area contributed by atoms with Crippen LogP contribution in [0.25, 0.3) is 6.08 Å². The summed E-state index contributed by atoms with van der Waals surface area (Å²) in [5, 5.41) is 12.4. The zero-order valence-electron chi connectivity index (χ0n) is 18.4. The summed E-state index contributed by atoms with van der Waals surface area (Å²) >= 11 is 5.59. The first kappa shape index (κ1) is 24.8. The van der Waals surface area contributed by atoms with Crippen molar-refractivity contribution in [3.63, 3.8) is 0 Å². The second-order valence-electron chi connectivity index (χ2n) is 7.39. The molecular formula is C26H22BrIN2O3. The number of halogens is 2. The van der Waals surface area contributed by atoms with Crippen molar-refractivity contribution >= 4 is 56.2 Å². The highest BCUT2D eigenvalue weighted by atomic mass is 127. The van der Waals surface area contributed by atoms with Crippen LogP contribution in [0.3, 0.4) is 0 Å². The number of methoxy groups -OCH3 is 1. The second kappa shape index (κ2) is 11.3. The number of anilines is 1. The Morgan fingerprint density at radius 2 is 1.88 bits per heavy atom. The summed E-state index contributed by atoms with van der Waals surface area (Å²) in [5.41, 5.74) is 4.40. The molecule has 1 N–H and O–H groups in total. The highest BCUT2D eigenvalue weighted by Gasteiger charge is 2.15. The Labute approximate surface area is 215 Å². The number of rotatable bonds is 7. The minimum atomic E-state index is -0.464. The summed E-state index contributed by atoms with van der Waals surface area (Å²) in [7, 11) is 1.56. The molecule has 7 heteroatoms. The van der Waals surface area contributed by atoms with E-state index in [9.17, 15) is 10.1 Å². The maximum Gasteiger partial charge on any atom is 0.266 e. The number of nitrogens with zero attached hydrogens (tertiary/aromatic N) is 1. The largest absolute Gasteiger partial charge is 0.493 e. The Bertz CT molecular complexity index is 1250. The Balaban J connectivity index is 1.82. The zero-order valence-corrected chi connectivity index (χ0v) is 22.2. The number of carbonyl (C=O) groups is 1. The fourth-order valence-corrected chi connectivity index (χ4v) is 4.20. The first-order chi connectivity index (χ1) is 15.8. The summed E-state index contributed by atoms with van der Waals surface area (Å²) in [6.45, 7) is 4.29. The highest BCUT2D eigenvalue weighted by Crippen LogP contribution is 2.35. The van der Waals surface area contributed by atoms with Gasteiger partial charge in [0, 0.05) is 10.2 Å². The van der Waals surface area contributed by atoms with Gasteiger partial charge < -0.3 is 14.8 Å². The van der Waals surface area contributed by atoms with E-state index in [1.54, 1.807) is 19.3 Å². The van der Waals surface area contributed by atoms with Crippen molar-refractivity contribution in [3.8, 4) is 17.6 Å². The van der Waals surface area contributed by atoms with Crippen LogP contribution in [0.1, 0.15) is 22.3 Å². The van der Waals surface area contributed by atoms with E-state index in [4.69, 9.17) is 9.47 Å². The van der Waals surface area contributed by atoms with Gasteiger partial charge in [-0.2, -0.15) is 5.26 Å². The van der Waals surface area contributed by atoms with Gasteiger partial charge in [0.25, 0.3) is 5.91 Å². The predicted molar refractivity (Wildman–Crippen MR) is 142 cm³/mol. The highest BCUT2D eigenvalue weighted by molar-refractivity contribution is 14.1. The molecular weight excluding hydrogens is 595 g/mol. The molecule has 5 nitrogen and oxygen atoms in total. The van der Waals surface area contributed by atoms with E-state index >= 15 is 0 Å². The molecule has 0 aliphatic heterocycles. The van der Waals surface area contributed by atoms with E-state index in [2.05, 4.69) is 43.8 Å². The molecule has 0 atom stereocenters. The van der Waals surface area contributed by atoms with Crippen molar-refractivity contribution in [2.45, 2.75) is 20.5 Å². The Hall–Kier alpha value is -2.83. The molecule has 0 fully saturated rings. The average molecular weight is 617 g/mol. The summed E-state index contributed by atoms with van der Waals surface area (Å²) in [4.78, 5) is 12.7. The van der Waals surface area contributed by atoms with E-state index in [0.29, 0.717) is 29.4 Å². The Morgan fingerprint density at radius 1 is 1.15 bits per heavy atom.